The summed E-state index contributed by atoms with van der Waals surface area (Å²) in [6, 6.07) is 15.8. The summed E-state index contributed by atoms with van der Waals surface area (Å²) in [4.78, 5) is 37.6. The molecule has 6 N–H and O–H groups in total. The number of nitrogens with zero attached hydrogens (tertiary/aromatic N) is 9. The van der Waals surface area contributed by atoms with E-state index in [4.69, 9.17) is 23.2 Å². The van der Waals surface area contributed by atoms with Gasteiger partial charge in [0, 0.05) is 79.8 Å². The third-order valence-corrected chi connectivity index (χ3v) is 11.5. The first-order valence-corrected chi connectivity index (χ1v) is 19.1. The van der Waals surface area contributed by atoms with E-state index in [1.165, 1.54) is 11.2 Å². The van der Waals surface area contributed by atoms with Crippen LogP contribution >= 0.6 is 11.6 Å². The molecule has 2 aliphatic heterocycles. The molecule has 3 aliphatic rings. The van der Waals surface area contributed by atoms with Crippen LogP contribution in [0, 0.1) is 34.5 Å². The molecule has 16 heteroatoms. The fourth-order valence-electron chi connectivity index (χ4n) is 7.85. The van der Waals surface area contributed by atoms with Crippen molar-refractivity contribution in [1.82, 2.24) is 30.0 Å². The molecule has 2 unspecified atom stereocenters. The minimum Gasteiger partial charge on any atom is -0.401 e. The van der Waals surface area contributed by atoms with Crippen LogP contribution in [0.2, 0.25) is 0 Å². The van der Waals surface area contributed by atoms with Crippen molar-refractivity contribution < 1.29 is 9.59 Å². The molecule has 1 aliphatic carbocycles. The Hall–Kier alpha value is -5.74. The first kappa shape index (κ1) is 37.6. The highest BCUT2D eigenvalue weighted by molar-refractivity contribution is 6.21. The number of fused-ring (bicyclic) bond motifs is 1. The molecule has 1 saturated carbocycles. The van der Waals surface area contributed by atoms with Crippen LogP contribution in [-0.2, 0) is 9.59 Å². The van der Waals surface area contributed by atoms with Gasteiger partial charge in [0.15, 0.2) is 11.5 Å². The molecule has 4 aromatic rings. The van der Waals surface area contributed by atoms with E-state index in [1.807, 2.05) is 12.1 Å². The number of piperazine rings is 1. The van der Waals surface area contributed by atoms with E-state index in [0.717, 1.165) is 69.7 Å². The summed E-state index contributed by atoms with van der Waals surface area (Å²) in [7, 11) is 0. The number of nitrogens with one attached hydrogen (secondary N) is 2. The van der Waals surface area contributed by atoms with Crippen molar-refractivity contribution in [1.29, 1.82) is 10.5 Å². The summed E-state index contributed by atoms with van der Waals surface area (Å²) in [5.74, 6) is 6.89. The van der Waals surface area contributed by atoms with Crippen molar-refractivity contribution in [2.45, 2.75) is 49.8 Å². The molecule has 3 aromatic heterocycles. The largest absolute Gasteiger partial charge is 0.401 e. The van der Waals surface area contributed by atoms with Crippen LogP contribution < -0.4 is 32.1 Å². The van der Waals surface area contributed by atoms with Gasteiger partial charge >= 0.3 is 0 Å². The lowest BCUT2D eigenvalue weighted by atomic mass is 9.79. The van der Waals surface area contributed by atoms with E-state index < -0.39 is 0 Å². The Morgan fingerprint density at radius 3 is 2.51 bits per heavy atom. The van der Waals surface area contributed by atoms with Crippen molar-refractivity contribution >= 4 is 51.5 Å². The van der Waals surface area contributed by atoms with E-state index in [0.29, 0.717) is 58.2 Å². The lowest BCUT2D eigenvalue weighted by Crippen LogP contribution is -2.49. The normalized spacial score (nSPS) is 21.4. The van der Waals surface area contributed by atoms with Crippen LogP contribution in [0.15, 0.2) is 66.9 Å². The van der Waals surface area contributed by atoms with E-state index in [1.54, 1.807) is 35.4 Å². The molecule has 0 bridgehead atoms. The lowest BCUT2D eigenvalue weighted by molar-refractivity contribution is -0.134. The predicted molar refractivity (Wildman–Crippen MR) is 210 cm³/mol. The molecular weight excluding hydrogens is 718 g/mol. The molecule has 5 heterocycles. The van der Waals surface area contributed by atoms with Gasteiger partial charge in [0.2, 0.25) is 11.8 Å². The molecule has 3 fully saturated rings. The summed E-state index contributed by atoms with van der Waals surface area (Å²) < 4.78 is 1.57. The monoisotopic (exact) mass is 761 g/mol. The standard InChI is InChI=1S/C39H44ClN13O2/c40-32(23-50-13-15-51(16-14-50)30-7-5-26(6-8-30)31-9-10-37(54)49-39(31)55)27-1-3-28(4-2-27)33(43)24-52(44)35-22-46-36(18-34(35)45-12-11-41)53-38-29(21-48-53)17-25(19-42)20-47-38/h5-8,17-18,20-22,24,27-28,31-32H,1-4,9-10,12-16,23,43-44H2,(H,45,46)(H,49,54,55)/b33-24-. The average molecular weight is 762 g/mol. The first-order valence-electron chi connectivity index (χ1n) is 18.6. The van der Waals surface area contributed by atoms with Crippen LogP contribution in [0.4, 0.5) is 17.1 Å². The zero-order valence-corrected chi connectivity index (χ0v) is 31.2. The number of allylic oxidation sites excluding steroid dienone is 1. The number of halogens is 1. The fourth-order valence-corrected chi connectivity index (χ4v) is 8.30. The van der Waals surface area contributed by atoms with Gasteiger partial charge in [-0.2, -0.15) is 20.3 Å². The van der Waals surface area contributed by atoms with Crippen LogP contribution in [0.1, 0.15) is 55.6 Å². The maximum absolute atomic E-state index is 12.3. The zero-order valence-electron chi connectivity index (χ0n) is 30.4. The molecule has 55 heavy (non-hydrogen) atoms. The average Bonchev–Trinajstić information content (AvgIpc) is 3.64. The number of pyridine rings is 2. The number of rotatable bonds is 11. The number of hydrogen-bond acceptors (Lipinski definition) is 13. The van der Waals surface area contributed by atoms with Gasteiger partial charge in [-0.1, -0.05) is 12.1 Å². The number of aromatic nitrogens is 4. The van der Waals surface area contributed by atoms with E-state index >= 15 is 0 Å². The number of benzene rings is 1. The van der Waals surface area contributed by atoms with Gasteiger partial charge in [-0.3, -0.25) is 24.8 Å². The molecule has 0 radical (unpaired) electrons. The summed E-state index contributed by atoms with van der Waals surface area (Å²) in [5, 5.41) is 30.7. The van der Waals surface area contributed by atoms with Crippen molar-refractivity contribution in [3.63, 3.8) is 0 Å². The lowest BCUT2D eigenvalue weighted by Gasteiger charge is -2.39. The number of nitriles is 2. The SMILES string of the molecule is N#CCNc1cc(-n2ncc3cc(C#N)cnc32)ncc1N(N)/C=C(\N)C1CCC(C(Cl)CN2CCN(c3ccc(C4CCC(=O)NC4=O)cc3)CC2)CC1. The first-order chi connectivity index (χ1) is 26.7. The Morgan fingerprint density at radius 2 is 1.80 bits per heavy atom. The van der Waals surface area contributed by atoms with Crippen LogP contribution in [0.3, 0.4) is 0 Å². The highest BCUT2D eigenvalue weighted by Crippen LogP contribution is 2.36. The van der Waals surface area contributed by atoms with Crippen LogP contribution in [0.25, 0.3) is 16.9 Å². The molecule has 2 amide bonds. The number of piperidine rings is 1. The van der Waals surface area contributed by atoms with Gasteiger partial charge < -0.3 is 16.0 Å². The minimum atomic E-state index is -0.272. The Balaban J connectivity index is 0.902. The number of alkyl halides is 1. The number of carbonyl (C=O) groups is 2. The topological polar surface area (TPSA) is 211 Å². The molecule has 0 spiro atoms. The number of anilines is 3. The smallest absolute Gasteiger partial charge is 0.234 e. The van der Waals surface area contributed by atoms with Crippen LogP contribution in [-0.4, -0.2) is 81.1 Å². The van der Waals surface area contributed by atoms with Gasteiger partial charge in [-0.15, -0.1) is 11.6 Å². The Labute approximate surface area is 324 Å². The number of carbonyl (C=O) groups excluding carboxylic acids is 2. The molecule has 1 aromatic carbocycles. The number of amides is 2. The third kappa shape index (κ3) is 8.49. The maximum Gasteiger partial charge on any atom is 0.234 e. The van der Waals surface area contributed by atoms with Crippen molar-refractivity contribution in [2.75, 3.05) is 54.5 Å². The fraction of sp³-hybridized carbons (Fsp3) is 0.410. The molecule has 15 nitrogen and oxygen atoms in total. The Kier molecular flexibility index (Phi) is 11.4. The number of nitrogens with two attached hydrogens (primary N) is 2. The second kappa shape index (κ2) is 16.7. The highest BCUT2D eigenvalue weighted by atomic mass is 35.5. The van der Waals surface area contributed by atoms with Crippen molar-refractivity contribution in [3.05, 3.63) is 78.0 Å². The third-order valence-electron chi connectivity index (χ3n) is 11.0. The number of imide groups is 1. The van der Waals surface area contributed by atoms with E-state index in [2.05, 4.69) is 59.8 Å². The predicted octanol–water partition coefficient (Wildman–Crippen LogP) is 3.86. The van der Waals surface area contributed by atoms with E-state index in [9.17, 15) is 20.1 Å². The van der Waals surface area contributed by atoms with Crippen molar-refractivity contribution in [2.24, 2.45) is 23.4 Å². The zero-order chi connectivity index (χ0) is 38.5. The van der Waals surface area contributed by atoms with E-state index in [-0.39, 0.29) is 35.6 Å². The highest BCUT2D eigenvalue weighted by Gasteiger charge is 2.31. The summed E-state index contributed by atoms with van der Waals surface area (Å²) in [5.41, 5.74) is 11.5. The molecule has 2 saturated heterocycles. The quantitative estimate of drug-likeness (QED) is 0.0563. The maximum atomic E-state index is 12.3. The van der Waals surface area contributed by atoms with Crippen molar-refractivity contribution in [3.8, 4) is 18.0 Å². The van der Waals surface area contributed by atoms with Gasteiger partial charge in [-0.25, -0.2) is 15.8 Å². The molecular formula is C39H44ClN13O2. The summed E-state index contributed by atoms with van der Waals surface area (Å²) in [6.45, 7) is 4.55. The summed E-state index contributed by atoms with van der Waals surface area (Å²) in [6.07, 6.45) is 11.1. The van der Waals surface area contributed by atoms with Gasteiger partial charge in [-0.05, 0) is 67.7 Å². The van der Waals surface area contributed by atoms with Gasteiger partial charge in [0.05, 0.1) is 41.3 Å². The number of hydrazine groups is 1. The minimum absolute atomic E-state index is 0.0466. The Bertz CT molecular complexity index is 2140. The van der Waals surface area contributed by atoms with Crippen LogP contribution in [0.5, 0.6) is 0 Å². The summed E-state index contributed by atoms with van der Waals surface area (Å²) >= 11 is 7.06. The number of hydrogen-bond donors (Lipinski definition) is 4. The second-order valence-corrected chi connectivity index (χ2v) is 15.0. The Morgan fingerprint density at radius 1 is 1.04 bits per heavy atom. The molecule has 284 valence electrons. The molecule has 7 rings (SSSR count). The molecule has 2 atom stereocenters. The second-order valence-electron chi connectivity index (χ2n) is 14.4. The van der Waals surface area contributed by atoms with Gasteiger partial charge in [0.1, 0.15) is 12.6 Å². The van der Waals surface area contributed by atoms with Gasteiger partial charge in [0.25, 0.3) is 0 Å².